The highest BCUT2D eigenvalue weighted by Gasteiger charge is 2.13. The molecule has 6 heteroatoms. The first-order chi connectivity index (χ1) is 15.5. The molecular formula is C26H33BrN2O3. The molecule has 2 N–H and O–H groups in total. The van der Waals surface area contributed by atoms with Crippen molar-refractivity contribution in [2.75, 3.05) is 25.1 Å². The zero-order valence-electron chi connectivity index (χ0n) is 19.0. The lowest BCUT2D eigenvalue weighted by Crippen LogP contribution is -2.20. The summed E-state index contributed by atoms with van der Waals surface area (Å²) in [4.78, 5) is 12.3. The summed E-state index contributed by atoms with van der Waals surface area (Å²) >= 11 is 3.64. The van der Waals surface area contributed by atoms with Crippen LogP contribution in [0.3, 0.4) is 0 Å². The van der Waals surface area contributed by atoms with Crippen LogP contribution in [0, 0.1) is 6.92 Å². The minimum atomic E-state index is -0.213. The van der Waals surface area contributed by atoms with Crippen LogP contribution >= 0.6 is 15.9 Å². The summed E-state index contributed by atoms with van der Waals surface area (Å²) in [5.74, 6) is 0.981. The Bertz CT molecular complexity index is 925. The number of rotatable bonds is 11. The molecule has 1 amide bonds. The van der Waals surface area contributed by atoms with Crippen LogP contribution in [0.15, 0.2) is 52.5 Å². The predicted molar refractivity (Wildman–Crippen MR) is 133 cm³/mol. The molecule has 0 fully saturated rings. The van der Waals surface area contributed by atoms with Crippen molar-refractivity contribution < 1.29 is 14.3 Å². The first-order valence-electron chi connectivity index (χ1n) is 11.4. The lowest BCUT2D eigenvalue weighted by molar-refractivity contribution is -0.118. The van der Waals surface area contributed by atoms with Gasteiger partial charge in [0.25, 0.3) is 5.91 Å². The van der Waals surface area contributed by atoms with Crippen molar-refractivity contribution in [3.05, 3.63) is 63.6 Å². The Hall–Kier alpha value is -2.31. The molecule has 1 aliphatic carbocycles. The third-order valence-electron chi connectivity index (χ3n) is 5.43. The van der Waals surface area contributed by atoms with E-state index in [4.69, 9.17) is 9.47 Å². The standard InChI is InChI=1S/C26H33BrN2O3/c1-3-31-24-15-21(17-28-14-13-20-7-5-4-6-8-20)23(27)16-25(24)32-18-26(30)29-22-11-9-19(2)10-12-22/h7,9-12,15-16,28H,3-6,8,13-14,17-18H2,1-2H3,(H,29,30). The minimum Gasteiger partial charge on any atom is -0.490 e. The molecular weight excluding hydrogens is 468 g/mol. The van der Waals surface area contributed by atoms with Gasteiger partial charge in [-0.15, -0.1) is 0 Å². The highest BCUT2D eigenvalue weighted by Crippen LogP contribution is 2.34. The summed E-state index contributed by atoms with van der Waals surface area (Å²) in [5.41, 5.74) is 4.57. The van der Waals surface area contributed by atoms with E-state index in [1.165, 1.54) is 25.7 Å². The molecule has 0 saturated heterocycles. The molecule has 1 aliphatic rings. The van der Waals surface area contributed by atoms with Crippen LogP contribution in [0.4, 0.5) is 5.69 Å². The predicted octanol–water partition coefficient (Wildman–Crippen LogP) is 6.15. The Morgan fingerprint density at radius 2 is 1.88 bits per heavy atom. The third-order valence-corrected chi connectivity index (χ3v) is 6.17. The first-order valence-corrected chi connectivity index (χ1v) is 12.2. The molecule has 0 aromatic heterocycles. The highest BCUT2D eigenvalue weighted by atomic mass is 79.9. The van der Waals surface area contributed by atoms with E-state index in [1.54, 1.807) is 5.57 Å². The second-order valence-corrected chi connectivity index (χ2v) is 8.92. The first kappa shape index (κ1) is 24.3. The van der Waals surface area contributed by atoms with Crippen LogP contribution < -0.4 is 20.1 Å². The SMILES string of the molecule is CCOc1cc(CNCCC2=CCCCC2)c(Br)cc1OCC(=O)Nc1ccc(C)cc1. The highest BCUT2D eigenvalue weighted by molar-refractivity contribution is 9.10. The fourth-order valence-electron chi connectivity index (χ4n) is 3.67. The van der Waals surface area contributed by atoms with Crippen molar-refractivity contribution in [3.8, 4) is 11.5 Å². The van der Waals surface area contributed by atoms with Crippen molar-refractivity contribution in [1.82, 2.24) is 5.32 Å². The fourth-order valence-corrected chi connectivity index (χ4v) is 4.14. The maximum atomic E-state index is 12.3. The van der Waals surface area contributed by atoms with Gasteiger partial charge in [0.15, 0.2) is 18.1 Å². The van der Waals surface area contributed by atoms with Gasteiger partial charge >= 0.3 is 0 Å². The van der Waals surface area contributed by atoms with Crippen LogP contribution in [0.1, 0.15) is 50.2 Å². The van der Waals surface area contributed by atoms with Crippen LogP contribution in [0.25, 0.3) is 0 Å². The lowest BCUT2D eigenvalue weighted by Gasteiger charge is -2.16. The van der Waals surface area contributed by atoms with E-state index in [9.17, 15) is 4.79 Å². The van der Waals surface area contributed by atoms with E-state index in [-0.39, 0.29) is 12.5 Å². The van der Waals surface area contributed by atoms with Crippen molar-refractivity contribution in [2.24, 2.45) is 0 Å². The van der Waals surface area contributed by atoms with Crippen molar-refractivity contribution in [2.45, 2.75) is 52.5 Å². The Labute approximate surface area is 199 Å². The van der Waals surface area contributed by atoms with E-state index >= 15 is 0 Å². The summed E-state index contributed by atoms with van der Waals surface area (Å²) in [6, 6.07) is 11.5. The third kappa shape index (κ3) is 7.68. The average Bonchev–Trinajstić information content (AvgIpc) is 2.80. The molecule has 2 aromatic carbocycles. The molecule has 0 heterocycles. The molecule has 0 atom stereocenters. The van der Waals surface area contributed by atoms with Gasteiger partial charge < -0.3 is 20.1 Å². The molecule has 32 heavy (non-hydrogen) atoms. The number of amides is 1. The normalized spacial score (nSPS) is 13.4. The molecule has 2 aromatic rings. The monoisotopic (exact) mass is 500 g/mol. The van der Waals surface area contributed by atoms with Gasteiger partial charge in [0.05, 0.1) is 6.61 Å². The zero-order chi connectivity index (χ0) is 22.8. The number of allylic oxidation sites excluding steroid dienone is 1. The number of anilines is 1. The van der Waals surface area contributed by atoms with Gasteiger partial charge in [-0.1, -0.05) is 45.3 Å². The lowest BCUT2D eigenvalue weighted by atomic mass is 9.97. The van der Waals surface area contributed by atoms with Crippen LogP contribution in [-0.4, -0.2) is 25.7 Å². The Balaban J connectivity index is 1.54. The van der Waals surface area contributed by atoms with Gasteiger partial charge in [0.2, 0.25) is 0 Å². The summed E-state index contributed by atoms with van der Waals surface area (Å²) < 4.78 is 12.5. The summed E-state index contributed by atoms with van der Waals surface area (Å²) in [5, 5.41) is 6.38. The number of benzene rings is 2. The van der Waals surface area contributed by atoms with E-state index in [1.807, 2.05) is 50.2 Å². The number of ether oxygens (including phenoxy) is 2. The van der Waals surface area contributed by atoms with Gasteiger partial charge in [-0.3, -0.25) is 4.79 Å². The Morgan fingerprint density at radius 1 is 1.09 bits per heavy atom. The summed E-state index contributed by atoms with van der Waals surface area (Å²) in [6.45, 7) is 6.07. The Morgan fingerprint density at radius 3 is 2.59 bits per heavy atom. The van der Waals surface area contributed by atoms with Crippen LogP contribution in [-0.2, 0) is 11.3 Å². The van der Waals surface area contributed by atoms with E-state index < -0.39 is 0 Å². The van der Waals surface area contributed by atoms with Crippen molar-refractivity contribution >= 4 is 27.5 Å². The molecule has 3 rings (SSSR count). The molecule has 0 bridgehead atoms. The number of carbonyl (C=O) groups excluding carboxylic acids is 1. The fraction of sp³-hybridized carbons (Fsp3) is 0.423. The maximum Gasteiger partial charge on any atom is 0.262 e. The number of hydrogen-bond donors (Lipinski definition) is 2. The van der Waals surface area contributed by atoms with Gasteiger partial charge in [0, 0.05) is 16.7 Å². The van der Waals surface area contributed by atoms with E-state index in [0.717, 1.165) is 40.8 Å². The van der Waals surface area contributed by atoms with E-state index in [0.29, 0.717) is 18.1 Å². The molecule has 0 radical (unpaired) electrons. The molecule has 0 spiro atoms. The maximum absolute atomic E-state index is 12.3. The molecule has 0 saturated carbocycles. The zero-order valence-corrected chi connectivity index (χ0v) is 20.6. The van der Waals surface area contributed by atoms with Crippen molar-refractivity contribution in [1.29, 1.82) is 0 Å². The van der Waals surface area contributed by atoms with Crippen molar-refractivity contribution in [3.63, 3.8) is 0 Å². The summed E-state index contributed by atoms with van der Waals surface area (Å²) in [7, 11) is 0. The second-order valence-electron chi connectivity index (χ2n) is 8.06. The average molecular weight is 501 g/mol. The number of hydrogen-bond acceptors (Lipinski definition) is 4. The molecule has 0 unspecified atom stereocenters. The van der Waals surface area contributed by atoms with Gasteiger partial charge in [-0.2, -0.15) is 0 Å². The van der Waals surface area contributed by atoms with Gasteiger partial charge in [-0.25, -0.2) is 0 Å². The largest absolute Gasteiger partial charge is 0.490 e. The number of nitrogens with one attached hydrogen (secondary N) is 2. The van der Waals surface area contributed by atoms with Gasteiger partial charge in [-0.05, 0) is 82.3 Å². The molecule has 172 valence electrons. The minimum absolute atomic E-state index is 0.0902. The smallest absolute Gasteiger partial charge is 0.262 e. The number of halogens is 1. The topological polar surface area (TPSA) is 59.6 Å². The Kier molecular flexibility index (Phi) is 9.62. The summed E-state index contributed by atoms with van der Waals surface area (Å²) in [6.07, 6.45) is 8.61. The number of aryl methyl sites for hydroxylation is 1. The molecule has 5 nitrogen and oxygen atoms in total. The molecule has 0 aliphatic heterocycles. The van der Waals surface area contributed by atoms with Crippen LogP contribution in [0.2, 0.25) is 0 Å². The van der Waals surface area contributed by atoms with Crippen LogP contribution in [0.5, 0.6) is 11.5 Å². The second kappa shape index (κ2) is 12.7. The van der Waals surface area contributed by atoms with Gasteiger partial charge in [0.1, 0.15) is 0 Å². The quantitative estimate of drug-likeness (QED) is 0.286. The van der Waals surface area contributed by atoms with E-state index in [2.05, 4.69) is 32.6 Å². The number of carbonyl (C=O) groups is 1.